The van der Waals surface area contributed by atoms with Gasteiger partial charge in [-0.05, 0) is 26.5 Å². The molecule has 0 rings (SSSR count). The number of allylic oxidation sites excluding steroid dienone is 2. The molecule has 0 aliphatic carbocycles. The number of hydrogen-bond acceptors (Lipinski definition) is 1. The molecule has 0 spiro atoms. The largest absolute Gasteiger partial charge is 0.162 e. The first-order valence-corrected chi connectivity index (χ1v) is 4.64. The molecule has 0 nitrogen and oxygen atoms in total. The van der Waals surface area contributed by atoms with Crippen LogP contribution in [0.1, 0.15) is 27.2 Å². The predicted octanol–water partition coefficient (Wildman–Crippen LogP) is 3.09. The molecule has 54 valence electrons. The third-order valence-corrected chi connectivity index (χ3v) is 2.48. The molecule has 0 saturated carbocycles. The van der Waals surface area contributed by atoms with Gasteiger partial charge in [-0.3, -0.25) is 0 Å². The zero-order valence-corrected chi connectivity index (χ0v) is 7.59. The minimum Gasteiger partial charge on any atom is -0.162 e. The molecular formula is C8H16S. The minimum absolute atomic E-state index is 0.779. The van der Waals surface area contributed by atoms with Crippen LogP contribution in [0.5, 0.6) is 0 Å². The second-order valence-corrected chi connectivity index (χ2v) is 3.66. The first-order chi connectivity index (χ1) is 4.20. The highest BCUT2D eigenvalue weighted by molar-refractivity contribution is 7.99. The molecule has 0 aliphatic heterocycles. The summed E-state index contributed by atoms with van der Waals surface area (Å²) in [6.07, 6.45) is 5.58. The molecule has 1 heteroatoms. The van der Waals surface area contributed by atoms with Crippen LogP contribution in [0, 0.1) is 0 Å². The fourth-order valence-electron chi connectivity index (χ4n) is 0.655. The molecule has 0 aromatic rings. The van der Waals surface area contributed by atoms with E-state index in [1.807, 2.05) is 11.8 Å². The average molecular weight is 144 g/mol. The molecule has 0 aromatic carbocycles. The van der Waals surface area contributed by atoms with Crippen LogP contribution in [0.15, 0.2) is 11.6 Å². The normalized spacial score (nSPS) is 15.8. The van der Waals surface area contributed by atoms with Crippen molar-refractivity contribution in [2.24, 2.45) is 0 Å². The van der Waals surface area contributed by atoms with E-state index in [-0.39, 0.29) is 0 Å². The summed E-state index contributed by atoms with van der Waals surface area (Å²) < 4.78 is 0. The number of thioether (sulfide) groups is 1. The molecular weight excluding hydrogens is 128 g/mol. The van der Waals surface area contributed by atoms with Crippen LogP contribution in [0.4, 0.5) is 0 Å². The smallest absolute Gasteiger partial charge is 0.00529 e. The van der Waals surface area contributed by atoms with Gasteiger partial charge < -0.3 is 0 Å². The molecule has 0 saturated heterocycles. The maximum atomic E-state index is 2.26. The average Bonchev–Trinajstić information content (AvgIpc) is 1.87. The quantitative estimate of drug-likeness (QED) is 0.548. The molecule has 1 atom stereocenters. The van der Waals surface area contributed by atoms with Gasteiger partial charge in [0.1, 0.15) is 0 Å². The van der Waals surface area contributed by atoms with E-state index in [4.69, 9.17) is 0 Å². The van der Waals surface area contributed by atoms with E-state index < -0.39 is 0 Å². The fourth-order valence-corrected chi connectivity index (χ4v) is 1.08. The molecule has 0 amide bonds. The fraction of sp³-hybridized carbons (Fsp3) is 0.750. The van der Waals surface area contributed by atoms with Crippen molar-refractivity contribution >= 4 is 11.8 Å². The zero-order chi connectivity index (χ0) is 7.28. The van der Waals surface area contributed by atoms with Gasteiger partial charge in [-0.15, -0.1) is 0 Å². The van der Waals surface area contributed by atoms with Crippen LogP contribution in [0.2, 0.25) is 0 Å². The van der Waals surface area contributed by atoms with Crippen molar-refractivity contribution in [1.82, 2.24) is 0 Å². The molecule has 0 fully saturated rings. The molecule has 0 bridgehead atoms. The highest BCUT2D eigenvalue weighted by Gasteiger charge is 1.97. The summed E-state index contributed by atoms with van der Waals surface area (Å²) in [5.41, 5.74) is 1.50. The van der Waals surface area contributed by atoms with Crippen molar-refractivity contribution in [2.75, 3.05) is 6.26 Å². The van der Waals surface area contributed by atoms with E-state index in [1.54, 1.807) is 0 Å². The Bertz CT molecular complexity index is 94.7. The third kappa shape index (κ3) is 4.58. The lowest BCUT2D eigenvalue weighted by Gasteiger charge is -2.06. The van der Waals surface area contributed by atoms with E-state index in [0.29, 0.717) is 0 Å². The van der Waals surface area contributed by atoms with Crippen LogP contribution < -0.4 is 0 Å². The third-order valence-electron chi connectivity index (χ3n) is 1.50. The van der Waals surface area contributed by atoms with Gasteiger partial charge in [0.05, 0.1) is 0 Å². The Balaban J connectivity index is 3.47. The number of rotatable bonds is 3. The van der Waals surface area contributed by atoms with Crippen LogP contribution in [-0.4, -0.2) is 11.5 Å². The van der Waals surface area contributed by atoms with Gasteiger partial charge in [0.15, 0.2) is 0 Å². The summed E-state index contributed by atoms with van der Waals surface area (Å²) in [5, 5.41) is 0.779. The monoisotopic (exact) mass is 144 g/mol. The lowest BCUT2D eigenvalue weighted by molar-refractivity contribution is 0.925. The van der Waals surface area contributed by atoms with E-state index in [2.05, 4.69) is 33.1 Å². The second kappa shape index (κ2) is 4.92. The van der Waals surface area contributed by atoms with Crippen molar-refractivity contribution in [3.05, 3.63) is 11.6 Å². The van der Waals surface area contributed by atoms with Crippen molar-refractivity contribution in [1.29, 1.82) is 0 Å². The zero-order valence-electron chi connectivity index (χ0n) is 6.77. The molecule has 1 unspecified atom stereocenters. The Morgan fingerprint density at radius 2 is 2.22 bits per heavy atom. The van der Waals surface area contributed by atoms with Gasteiger partial charge in [-0.2, -0.15) is 11.8 Å². The topological polar surface area (TPSA) is 0 Å². The lowest BCUT2D eigenvalue weighted by Crippen LogP contribution is -1.94. The second-order valence-electron chi connectivity index (χ2n) is 2.39. The molecule has 0 N–H and O–H groups in total. The number of hydrogen-bond donors (Lipinski definition) is 0. The first kappa shape index (κ1) is 9.09. The Morgan fingerprint density at radius 1 is 1.67 bits per heavy atom. The summed E-state index contributed by atoms with van der Waals surface area (Å²) in [5.74, 6) is 0. The first-order valence-electron chi connectivity index (χ1n) is 3.35. The maximum absolute atomic E-state index is 2.26. The predicted molar refractivity (Wildman–Crippen MR) is 47.0 cm³/mol. The van der Waals surface area contributed by atoms with Gasteiger partial charge in [0.25, 0.3) is 0 Å². The van der Waals surface area contributed by atoms with Gasteiger partial charge in [0, 0.05) is 5.25 Å². The molecule has 0 radical (unpaired) electrons. The lowest BCUT2D eigenvalue weighted by atomic mass is 10.2. The maximum Gasteiger partial charge on any atom is 0.00529 e. The summed E-state index contributed by atoms with van der Waals surface area (Å²) in [6.45, 7) is 6.55. The van der Waals surface area contributed by atoms with Crippen molar-refractivity contribution < 1.29 is 0 Å². The Kier molecular flexibility index (Phi) is 4.97. The van der Waals surface area contributed by atoms with Crippen molar-refractivity contribution in [2.45, 2.75) is 32.4 Å². The molecule has 0 heterocycles. The van der Waals surface area contributed by atoms with Gasteiger partial charge in [-0.25, -0.2) is 0 Å². The van der Waals surface area contributed by atoms with E-state index in [0.717, 1.165) is 5.25 Å². The Morgan fingerprint density at radius 3 is 2.56 bits per heavy atom. The van der Waals surface area contributed by atoms with Gasteiger partial charge in [-0.1, -0.05) is 18.6 Å². The van der Waals surface area contributed by atoms with E-state index in [1.165, 1.54) is 12.0 Å². The SMILES string of the molecule is CC=C(C)CC(C)SC. The van der Waals surface area contributed by atoms with Gasteiger partial charge >= 0.3 is 0 Å². The van der Waals surface area contributed by atoms with Crippen molar-refractivity contribution in [3.63, 3.8) is 0 Å². The van der Waals surface area contributed by atoms with E-state index >= 15 is 0 Å². The summed E-state index contributed by atoms with van der Waals surface area (Å²) in [6, 6.07) is 0. The highest BCUT2D eigenvalue weighted by atomic mass is 32.2. The Hall–Kier alpha value is 0.0900. The summed E-state index contributed by atoms with van der Waals surface area (Å²) in [4.78, 5) is 0. The van der Waals surface area contributed by atoms with Crippen molar-refractivity contribution in [3.8, 4) is 0 Å². The van der Waals surface area contributed by atoms with E-state index in [9.17, 15) is 0 Å². The standard InChI is InChI=1S/C8H16S/c1-5-7(2)6-8(3)9-4/h5,8H,6H2,1-4H3. The van der Waals surface area contributed by atoms with Crippen LogP contribution in [0.25, 0.3) is 0 Å². The molecule has 0 aliphatic rings. The highest BCUT2D eigenvalue weighted by Crippen LogP contribution is 2.14. The minimum atomic E-state index is 0.779. The van der Waals surface area contributed by atoms with Crippen LogP contribution in [-0.2, 0) is 0 Å². The summed E-state index contributed by atoms with van der Waals surface area (Å²) >= 11 is 1.93. The van der Waals surface area contributed by atoms with Crippen LogP contribution in [0.3, 0.4) is 0 Å². The van der Waals surface area contributed by atoms with Gasteiger partial charge in [0.2, 0.25) is 0 Å². The molecule has 0 aromatic heterocycles. The molecule has 9 heavy (non-hydrogen) atoms. The Labute approximate surface area is 62.7 Å². The van der Waals surface area contributed by atoms with Crippen LogP contribution >= 0.6 is 11.8 Å². The summed E-state index contributed by atoms with van der Waals surface area (Å²) in [7, 11) is 0.